The maximum atomic E-state index is 13.0. The first kappa shape index (κ1) is 21.5. The Morgan fingerprint density at radius 2 is 1.56 bits per heavy atom. The molecular formula is C25H22N2O4S. The predicted molar refractivity (Wildman–Crippen MR) is 125 cm³/mol. The van der Waals surface area contributed by atoms with Crippen molar-refractivity contribution in [3.05, 3.63) is 101 Å². The molecule has 32 heavy (non-hydrogen) atoms. The van der Waals surface area contributed by atoms with Crippen LogP contribution in [0.25, 0.3) is 0 Å². The number of nitrogens with zero attached hydrogens (tertiary/aromatic N) is 1. The summed E-state index contributed by atoms with van der Waals surface area (Å²) in [5, 5.41) is 3.08. The molecule has 1 aliphatic carbocycles. The van der Waals surface area contributed by atoms with E-state index in [1.165, 1.54) is 18.2 Å². The highest BCUT2D eigenvalue weighted by Crippen LogP contribution is 2.26. The van der Waals surface area contributed by atoms with Gasteiger partial charge >= 0.3 is 0 Å². The molecule has 3 aromatic rings. The normalized spacial score (nSPS) is 14.6. The fraction of sp³-hybridized carbons (Fsp3) is 0.120. The summed E-state index contributed by atoms with van der Waals surface area (Å²) in [7, 11) is -3.96. The molecule has 7 heteroatoms. The first-order valence-electron chi connectivity index (χ1n) is 10.1. The van der Waals surface area contributed by atoms with Crippen molar-refractivity contribution in [2.45, 2.75) is 18.7 Å². The van der Waals surface area contributed by atoms with Crippen LogP contribution in [0.5, 0.6) is 5.75 Å². The predicted octanol–water partition coefficient (Wildman–Crippen LogP) is 4.76. The number of hydrogen-bond donors (Lipinski definition) is 1. The van der Waals surface area contributed by atoms with Crippen LogP contribution in [-0.4, -0.2) is 26.5 Å². The maximum Gasteiger partial charge on any atom is 0.282 e. The van der Waals surface area contributed by atoms with E-state index < -0.39 is 10.0 Å². The van der Waals surface area contributed by atoms with Crippen molar-refractivity contribution in [3.63, 3.8) is 0 Å². The molecule has 3 aromatic carbocycles. The third-order valence-electron chi connectivity index (χ3n) is 4.96. The second-order valence-corrected chi connectivity index (χ2v) is 8.88. The number of hydrogen-bond acceptors (Lipinski definition) is 5. The number of aryl methyl sites for hydroxylation is 1. The number of ether oxygens (including phenoxy) is 1. The molecule has 0 amide bonds. The smallest absolute Gasteiger partial charge is 0.282 e. The largest absolute Gasteiger partial charge is 0.494 e. The Balaban J connectivity index is 1.74. The number of carbonyl (C=O) groups excluding carboxylic acids is 1. The molecule has 0 aromatic heterocycles. The zero-order valence-corrected chi connectivity index (χ0v) is 18.5. The summed E-state index contributed by atoms with van der Waals surface area (Å²) in [6, 6.07) is 20.5. The number of rotatable bonds is 6. The molecule has 0 bridgehead atoms. The van der Waals surface area contributed by atoms with Crippen LogP contribution in [0.3, 0.4) is 0 Å². The molecule has 0 unspecified atom stereocenters. The number of ketones is 1. The van der Waals surface area contributed by atoms with Crippen LogP contribution in [0.15, 0.2) is 93.9 Å². The number of benzene rings is 3. The zero-order chi connectivity index (χ0) is 22.7. The summed E-state index contributed by atoms with van der Waals surface area (Å²) in [5.74, 6) is 0.486. The van der Waals surface area contributed by atoms with Gasteiger partial charge in [0.2, 0.25) is 5.78 Å². The molecule has 0 atom stereocenters. The van der Waals surface area contributed by atoms with Crippen molar-refractivity contribution in [2.24, 2.45) is 4.40 Å². The first-order chi connectivity index (χ1) is 15.4. The van der Waals surface area contributed by atoms with Gasteiger partial charge in [-0.1, -0.05) is 42.0 Å². The van der Waals surface area contributed by atoms with Gasteiger partial charge in [-0.05, 0) is 56.3 Å². The number of carbonyl (C=O) groups is 1. The number of Topliss-reactive ketones (excluding diaryl/α,β-unsaturated/α-hetero) is 1. The minimum Gasteiger partial charge on any atom is -0.494 e. The summed E-state index contributed by atoms with van der Waals surface area (Å²) >= 11 is 0. The van der Waals surface area contributed by atoms with Crippen LogP contribution in [0, 0.1) is 6.92 Å². The van der Waals surface area contributed by atoms with Gasteiger partial charge in [0.15, 0.2) is 0 Å². The second kappa shape index (κ2) is 8.80. The molecule has 1 aliphatic rings. The van der Waals surface area contributed by atoms with Gasteiger partial charge in [0, 0.05) is 16.8 Å². The third kappa shape index (κ3) is 4.48. The van der Waals surface area contributed by atoms with Crippen molar-refractivity contribution in [3.8, 4) is 5.75 Å². The molecule has 0 fully saturated rings. The van der Waals surface area contributed by atoms with Crippen molar-refractivity contribution in [2.75, 3.05) is 11.9 Å². The number of allylic oxidation sites excluding steroid dienone is 2. The van der Waals surface area contributed by atoms with Crippen molar-refractivity contribution < 1.29 is 17.9 Å². The first-order valence-corrected chi connectivity index (χ1v) is 11.6. The van der Waals surface area contributed by atoms with E-state index in [1.54, 1.807) is 60.7 Å². The number of anilines is 1. The highest BCUT2D eigenvalue weighted by atomic mass is 32.2. The van der Waals surface area contributed by atoms with Crippen molar-refractivity contribution in [1.82, 2.24) is 0 Å². The number of sulfonamides is 1. The van der Waals surface area contributed by atoms with Gasteiger partial charge in [0.1, 0.15) is 5.75 Å². The summed E-state index contributed by atoms with van der Waals surface area (Å²) in [4.78, 5) is 13.1. The number of fused-ring (bicyclic) bond motifs is 1. The molecule has 6 nitrogen and oxygen atoms in total. The lowest BCUT2D eigenvalue weighted by atomic mass is 9.92. The molecular weight excluding hydrogens is 424 g/mol. The molecule has 0 radical (unpaired) electrons. The lowest BCUT2D eigenvalue weighted by molar-refractivity contribution is 0.103. The topological polar surface area (TPSA) is 84.8 Å². The van der Waals surface area contributed by atoms with E-state index in [2.05, 4.69) is 9.71 Å². The van der Waals surface area contributed by atoms with Gasteiger partial charge < -0.3 is 10.1 Å². The van der Waals surface area contributed by atoms with Gasteiger partial charge in [-0.25, -0.2) is 0 Å². The average molecular weight is 447 g/mol. The minimum atomic E-state index is -3.96. The third-order valence-corrected chi connectivity index (χ3v) is 6.26. The highest BCUT2D eigenvalue weighted by molar-refractivity contribution is 7.90. The molecule has 162 valence electrons. The Labute approximate surface area is 187 Å². The zero-order valence-electron chi connectivity index (χ0n) is 17.7. The van der Waals surface area contributed by atoms with E-state index in [0.29, 0.717) is 23.4 Å². The van der Waals surface area contributed by atoms with Crippen LogP contribution >= 0.6 is 0 Å². The van der Waals surface area contributed by atoms with E-state index in [-0.39, 0.29) is 22.1 Å². The van der Waals surface area contributed by atoms with Crippen LogP contribution in [0.1, 0.15) is 28.4 Å². The SMILES string of the molecule is CCOc1ccc(NC2=C/C(=N\S(=O)(=O)c3ccc(C)cc3)c3ccccc3C2=O)cc1. The quantitative estimate of drug-likeness (QED) is 0.590. The molecule has 0 saturated heterocycles. The summed E-state index contributed by atoms with van der Waals surface area (Å²) in [6.07, 6.45) is 1.48. The molecule has 1 N–H and O–H groups in total. The second-order valence-electron chi connectivity index (χ2n) is 7.28. The summed E-state index contributed by atoms with van der Waals surface area (Å²) in [6.45, 7) is 4.34. The standard InChI is InChI=1S/C25H22N2O4S/c1-3-31-19-12-10-18(11-13-19)26-24-16-23(21-6-4-5-7-22(21)25(24)28)27-32(29,30)20-14-8-17(2)9-15-20/h4-16,26H,3H2,1-2H3/b27-23+. The van der Waals surface area contributed by atoms with Crippen LogP contribution in [0.4, 0.5) is 5.69 Å². The highest BCUT2D eigenvalue weighted by Gasteiger charge is 2.26. The van der Waals surface area contributed by atoms with Gasteiger partial charge in [-0.2, -0.15) is 12.8 Å². The lowest BCUT2D eigenvalue weighted by Crippen LogP contribution is -2.22. The van der Waals surface area contributed by atoms with Gasteiger partial charge in [-0.15, -0.1) is 0 Å². The van der Waals surface area contributed by atoms with Crippen LogP contribution in [-0.2, 0) is 10.0 Å². The van der Waals surface area contributed by atoms with Gasteiger partial charge in [0.05, 0.1) is 22.9 Å². The Hall–Kier alpha value is -3.71. The van der Waals surface area contributed by atoms with E-state index in [1.807, 2.05) is 13.8 Å². The molecule has 0 aliphatic heterocycles. The fourth-order valence-electron chi connectivity index (χ4n) is 3.35. The Bertz CT molecular complexity index is 1320. The average Bonchev–Trinajstić information content (AvgIpc) is 2.78. The number of nitrogens with one attached hydrogen (secondary N) is 1. The fourth-order valence-corrected chi connectivity index (χ4v) is 4.34. The van der Waals surface area contributed by atoms with Crippen LogP contribution in [0.2, 0.25) is 0 Å². The molecule has 0 spiro atoms. The van der Waals surface area contributed by atoms with Crippen LogP contribution < -0.4 is 10.1 Å². The maximum absolute atomic E-state index is 13.0. The van der Waals surface area contributed by atoms with Gasteiger partial charge in [0.25, 0.3) is 10.0 Å². The molecule has 0 saturated carbocycles. The Kier molecular flexibility index (Phi) is 5.92. The van der Waals surface area contributed by atoms with E-state index in [4.69, 9.17) is 4.74 Å². The monoisotopic (exact) mass is 446 g/mol. The van der Waals surface area contributed by atoms with Gasteiger partial charge in [-0.3, -0.25) is 4.79 Å². The Morgan fingerprint density at radius 1 is 0.906 bits per heavy atom. The van der Waals surface area contributed by atoms with E-state index in [9.17, 15) is 13.2 Å². The van der Waals surface area contributed by atoms with Crippen molar-refractivity contribution >= 4 is 27.2 Å². The summed E-state index contributed by atoms with van der Waals surface area (Å²) < 4.78 is 35.4. The molecule has 4 rings (SSSR count). The van der Waals surface area contributed by atoms with E-state index in [0.717, 1.165) is 11.3 Å². The molecule has 0 heterocycles. The lowest BCUT2D eigenvalue weighted by Gasteiger charge is -2.19. The Morgan fingerprint density at radius 3 is 2.22 bits per heavy atom. The minimum absolute atomic E-state index is 0.0967. The van der Waals surface area contributed by atoms with E-state index >= 15 is 0 Å². The summed E-state index contributed by atoms with van der Waals surface area (Å²) in [5.41, 5.74) is 2.94. The van der Waals surface area contributed by atoms with Crippen molar-refractivity contribution in [1.29, 1.82) is 0 Å².